The van der Waals surface area contributed by atoms with Gasteiger partial charge in [0.15, 0.2) is 0 Å². The molecule has 2 atom stereocenters. The van der Waals surface area contributed by atoms with E-state index >= 15 is 0 Å². The van der Waals surface area contributed by atoms with E-state index in [2.05, 4.69) is 47.7 Å². The summed E-state index contributed by atoms with van der Waals surface area (Å²) >= 11 is 9.87. The third-order valence-corrected chi connectivity index (χ3v) is 4.41. The van der Waals surface area contributed by atoms with Gasteiger partial charge >= 0.3 is 0 Å². The number of halogens is 2. The van der Waals surface area contributed by atoms with Crippen molar-refractivity contribution in [2.45, 2.75) is 38.5 Å². The molecular formula is C15H22BrClN2O. The van der Waals surface area contributed by atoms with E-state index in [-0.39, 0.29) is 17.7 Å². The summed E-state index contributed by atoms with van der Waals surface area (Å²) in [6.45, 7) is 8.59. The van der Waals surface area contributed by atoms with Gasteiger partial charge in [0.25, 0.3) is 0 Å². The first kappa shape index (κ1) is 16.2. The Hall–Kier alpha value is -0.130. The third-order valence-electron chi connectivity index (χ3n) is 3.58. The second kappa shape index (κ2) is 6.32. The molecule has 0 saturated carbocycles. The molecular weight excluding hydrogens is 340 g/mol. The molecule has 1 aromatic rings. The topological polar surface area (TPSA) is 38.5 Å². The second-order valence-electron chi connectivity index (χ2n) is 6.03. The van der Waals surface area contributed by atoms with Gasteiger partial charge in [0.1, 0.15) is 0 Å². The van der Waals surface area contributed by atoms with E-state index in [1.165, 1.54) is 0 Å². The number of morpholine rings is 1. The van der Waals surface area contributed by atoms with Gasteiger partial charge in [-0.15, -0.1) is 0 Å². The SMILES string of the molecule is CC1CN(C(CN)c2cc(Br)ccc2Cl)CC(C)(C)O1. The zero-order chi connectivity index (χ0) is 14.9. The quantitative estimate of drug-likeness (QED) is 0.894. The maximum absolute atomic E-state index is 6.36. The molecule has 1 heterocycles. The number of nitrogens with two attached hydrogens (primary N) is 1. The second-order valence-corrected chi connectivity index (χ2v) is 7.36. The molecule has 1 saturated heterocycles. The van der Waals surface area contributed by atoms with Gasteiger partial charge in [-0.1, -0.05) is 27.5 Å². The zero-order valence-corrected chi connectivity index (χ0v) is 14.5. The summed E-state index contributed by atoms with van der Waals surface area (Å²) in [7, 11) is 0. The molecule has 1 fully saturated rings. The molecule has 0 radical (unpaired) electrons. The van der Waals surface area contributed by atoms with Gasteiger partial charge in [-0.25, -0.2) is 0 Å². The molecule has 0 bridgehead atoms. The van der Waals surface area contributed by atoms with Crippen molar-refractivity contribution >= 4 is 27.5 Å². The summed E-state index contributed by atoms with van der Waals surface area (Å²) in [5.41, 5.74) is 6.95. The lowest BCUT2D eigenvalue weighted by Gasteiger charge is -2.45. The highest BCUT2D eigenvalue weighted by Gasteiger charge is 2.35. The molecule has 5 heteroatoms. The summed E-state index contributed by atoms with van der Waals surface area (Å²) < 4.78 is 6.99. The molecule has 1 aromatic carbocycles. The lowest BCUT2D eigenvalue weighted by Crippen LogP contribution is -2.53. The van der Waals surface area contributed by atoms with Crippen LogP contribution in [0.1, 0.15) is 32.4 Å². The molecule has 112 valence electrons. The molecule has 2 rings (SSSR count). The smallest absolute Gasteiger partial charge is 0.0757 e. The minimum Gasteiger partial charge on any atom is -0.370 e. The predicted molar refractivity (Wildman–Crippen MR) is 87.1 cm³/mol. The number of ether oxygens (including phenoxy) is 1. The fourth-order valence-corrected chi connectivity index (χ4v) is 3.61. The maximum atomic E-state index is 6.36. The van der Waals surface area contributed by atoms with Crippen LogP contribution in [-0.4, -0.2) is 36.2 Å². The van der Waals surface area contributed by atoms with Crippen molar-refractivity contribution in [3.63, 3.8) is 0 Å². The van der Waals surface area contributed by atoms with Crippen LogP contribution in [-0.2, 0) is 4.74 Å². The van der Waals surface area contributed by atoms with Crippen molar-refractivity contribution in [3.8, 4) is 0 Å². The van der Waals surface area contributed by atoms with Crippen LogP contribution in [0.3, 0.4) is 0 Å². The first-order valence-electron chi connectivity index (χ1n) is 6.89. The van der Waals surface area contributed by atoms with Crippen LogP contribution in [0.5, 0.6) is 0 Å². The fraction of sp³-hybridized carbons (Fsp3) is 0.600. The zero-order valence-electron chi connectivity index (χ0n) is 12.2. The molecule has 3 nitrogen and oxygen atoms in total. The van der Waals surface area contributed by atoms with Gasteiger partial charge in [-0.2, -0.15) is 0 Å². The minimum absolute atomic E-state index is 0.116. The van der Waals surface area contributed by atoms with Gasteiger partial charge < -0.3 is 10.5 Å². The average molecular weight is 362 g/mol. The molecule has 2 unspecified atom stereocenters. The number of nitrogens with zero attached hydrogens (tertiary/aromatic N) is 1. The largest absolute Gasteiger partial charge is 0.370 e. The normalized spacial score (nSPS) is 24.6. The summed E-state index contributed by atoms with van der Waals surface area (Å²) in [5, 5.41) is 0.764. The first-order chi connectivity index (χ1) is 9.32. The predicted octanol–water partition coefficient (Wildman–Crippen LogP) is 3.60. The Labute approximate surface area is 134 Å². The number of rotatable bonds is 3. The Bertz CT molecular complexity index is 481. The van der Waals surface area contributed by atoms with Gasteiger partial charge in [-0.3, -0.25) is 4.90 Å². The molecule has 0 amide bonds. The summed E-state index contributed by atoms with van der Waals surface area (Å²) in [5.74, 6) is 0. The summed E-state index contributed by atoms with van der Waals surface area (Å²) in [4.78, 5) is 2.38. The number of hydrogen-bond acceptors (Lipinski definition) is 3. The number of hydrogen-bond donors (Lipinski definition) is 1. The van der Waals surface area contributed by atoms with E-state index < -0.39 is 0 Å². The Morgan fingerprint density at radius 2 is 2.25 bits per heavy atom. The maximum Gasteiger partial charge on any atom is 0.0757 e. The fourth-order valence-electron chi connectivity index (χ4n) is 2.98. The number of benzene rings is 1. The van der Waals surface area contributed by atoms with E-state index in [0.717, 1.165) is 28.1 Å². The van der Waals surface area contributed by atoms with Crippen molar-refractivity contribution in [1.29, 1.82) is 0 Å². The van der Waals surface area contributed by atoms with Crippen molar-refractivity contribution < 1.29 is 4.74 Å². The van der Waals surface area contributed by atoms with E-state index in [9.17, 15) is 0 Å². The summed E-state index contributed by atoms with van der Waals surface area (Å²) in [6.07, 6.45) is 0.193. The molecule has 0 aromatic heterocycles. The van der Waals surface area contributed by atoms with Crippen molar-refractivity contribution in [2.75, 3.05) is 19.6 Å². The molecule has 0 aliphatic carbocycles. The highest BCUT2D eigenvalue weighted by Crippen LogP contribution is 2.33. The van der Waals surface area contributed by atoms with Gasteiger partial charge in [0.2, 0.25) is 0 Å². The van der Waals surface area contributed by atoms with E-state index in [0.29, 0.717) is 6.54 Å². The van der Waals surface area contributed by atoms with Crippen LogP contribution in [0, 0.1) is 0 Å². The van der Waals surface area contributed by atoms with Gasteiger partial charge in [-0.05, 0) is 44.5 Å². The van der Waals surface area contributed by atoms with Crippen LogP contribution in [0.4, 0.5) is 0 Å². The standard InChI is InChI=1S/C15H22BrClN2O/c1-10-8-19(9-15(2,3)20-10)14(7-18)12-6-11(16)4-5-13(12)17/h4-6,10,14H,7-9,18H2,1-3H3. The molecule has 2 N–H and O–H groups in total. The van der Waals surface area contributed by atoms with Crippen molar-refractivity contribution in [3.05, 3.63) is 33.3 Å². The Morgan fingerprint density at radius 3 is 2.85 bits per heavy atom. The van der Waals surface area contributed by atoms with Crippen molar-refractivity contribution in [2.24, 2.45) is 5.73 Å². The Balaban J connectivity index is 2.29. The van der Waals surface area contributed by atoms with E-state index in [1.807, 2.05) is 12.1 Å². The minimum atomic E-state index is -0.163. The lowest BCUT2D eigenvalue weighted by molar-refractivity contribution is -0.137. The monoisotopic (exact) mass is 360 g/mol. The van der Waals surface area contributed by atoms with Crippen LogP contribution in [0.15, 0.2) is 22.7 Å². The van der Waals surface area contributed by atoms with Crippen LogP contribution < -0.4 is 5.73 Å². The van der Waals surface area contributed by atoms with Crippen LogP contribution >= 0.6 is 27.5 Å². The highest BCUT2D eigenvalue weighted by atomic mass is 79.9. The van der Waals surface area contributed by atoms with Gasteiger partial charge in [0, 0.05) is 35.2 Å². The molecule has 20 heavy (non-hydrogen) atoms. The van der Waals surface area contributed by atoms with Gasteiger partial charge in [0.05, 0.1) is 11.7 Å². The third kappa shape index (κ3) is 3.74. The molecule has 1 aliphatic rings. The first-order valence-corrected chi connectivity index (χ1v) is 8.06. The highest BCUT2D eigenvalue weighted by molar-refractivity contribution is 9.10. The van der Waals surface area contributed by atoms with Crippen LogP contribution in [0.2, 0.25) is 5.02 Å². The van der Waals surface area contributed by atoms with E-state index in [4.69, 9.17) is 22.1 Å². The molecule has 1 aliphatic heterocycles. The van der Waals surface area contributed by atoms with E-state index in [1.54, 1.807) is 0 Å². The molecule has 0 spiro atoms. The average Bonchev–Trinajstić information content (AvgIpc) is 2.32. The lowest BCUT2D eigenvalue weighted by atomic mass is 9.99. The summed E-state index contributed by atoms with van der Waals surface area (Å²) in [6, 6.07) is 6.04. The Morgan fingerprint density at radius 1 is 1.55 bits per heavy atom. The van der Waals surface area contributed by atoms with Crippen LogP contribution in [0.25, 0.3) is 0 Å². The van der Waals surface area contributed by atoms with Crippen molar-refractivity contribution in [1.82, 2.24) is 4.90 Å². The Kier molecular flexibility index (Phi) is 5.14.